The van der Waals surface area contributed by atoms with Crippen molar-refractivity contribution in [3.63, 3.8) is 0 Å². The molecule has 1 N–H and O–H groups in total. The Bertz CT molecular complexity index is 250. The van der Waals surface area contributed by atoms with Crippen LogP contribution >= 0.6 is 0 Å². The Morgan fingerprint density at radius 3 is 2.62 bits per heavy atom. The van der Waals surface area contributed by atoms with Crippen LogP contribution in [0.1, 0.15) is 39.0 Å². The molecule has 2 atom stereocenters. The molecule has 2 fully saturated rings. The molecule has 3 aliphatic rings. The Hall–Kier alpha value is -0.570. The van der Waals surface area contributed by atoms with Gasteiger partial charge in [-0.05, 0) is 19.8 Å². The smallest absolute Gasteiger partial charge is 0.146 e. The van der Waals surface area contributed by atoms with Crippen molar-refractivity contribution in [2.24, 2.45) is 5.16 Å². The number of oxime groups is 1. The third kappa shape index (κ3) is 1.17. The van der Waals surface area contributed by atoms with Crippen molar-refractivity contribution in [3.05, 3.63) is 0 Å². The second-order valence-corrected chi connectivity index (χ2v) is 4.82. The summed E-state index contributed by atoms with van der Waals surface area (Å²) in [5, 5.41) is 7.72. The van der Waals surface area contributed by atoms with Crippen LogP contribution in [0.4, 0.5) is 0 Å². The van der Waals surface area contributed by atoms with Crippen molar-refractivity contribution in [1.82, 2.24) is 5.32 Å². The number of hydrogen-bond acceptors (Lipinski definition) is 3. The van der Waals surface area contributed by atoms with Crippen molar-refractivity contribution in [2.45, 2.75) is 56.7 Å². The number of hydrogen-bond donors (Lipinski definition) is 1. The van der Waals surface area contributed by atoms with E-state index in [1.165, 1.54) is 18.6 Å². The van der Waals surface area contributed by atoms with Crippen LogP contribution in [0.2, 0.25) is 0 Å². The molecular formula is C10H16N2O. The van der Waals surface area contributed by atoms with Gasteiger partial charge < -0.3 is 10.2 Å². The summed E-state index contributed by atoms with van der Waals surface area (Å²) >= 11 is 0. The van der Waals surface area contributed by atoms with Gasteiger partial charge in [0.25, 0.3) is 0 Å². The van der Waals surface area contributed by atoms with E-state index in [0.717, 1.165) is 19.3 Å². The van der Waals surface area contributed by atoms with E-state index in [9.17, 15) is 0 Å². The molecule has 0 radical (unpaired) electrons. The molecule has 72 valence electrons. The lowest BCUT2D eigenvalue weighted by atomic mass is 9.84. The summed E-state index contributed by atoms with van der Waals surface area (Å²) in [4.78, 5) is 5.62. The Labute approximate surface area is 78.5 Å². The average molecular weight is 180 g/mol. The molecule has 0 aromatic heterocycles. The normalized spacial score (nSPS) is 47.9. The minimum absolute atomic E-state index is 0.0845. The largest absolute Gasteiger partial charge is 0.389 e. The topological polar surface area (TPSA) is 33.6 Å². The highest BCUT2D eigenvalue weighted by Crippen LogP contribution is 2.41. The number of rotatable bonds is 0. The van der Waals surface area contributed by atoms with Crippen LogP contribution in [0.3, 0.4) is 0 Å². The molecule has 13 heavy (non-hydrogen) atoms. The van der Waals surface area contributed by atoms with Gasteiger partial charge in [-0.1, -0.05) is 5.16 Å². The molecule has 2 saturated heterocycles. The molecule has 1 spiro atoms. The fraction of sp³-hybridized carbons (Fsp3) is 0.900. The third-order valence-corrected chi connectivity index (χ3v) is 3.54. The summed E-state index contributed by atoms with van der Waals surface area (Å²) in [7, 11) is 0. The predicted octanol–water partition coefficient (Wildman–Crippen LogP) is 1.44. The molecule has 0 saturated carbocycles. The third-order valence-electron chi connectivity index (χ3n) is 3.54. The minimum atomic E-state index is 0.0845. The summed E-state index contributed by atoms with van der Waals surface area (Å²) in [6.45, 7) is 2.07. The average Bonchev–Trinajstić information content (AvgIpc) is 2.58. The van der Waals surface area contributed by atoms with Gasteiger partial charge in [0.1, 0.15) is 5.60 Å². The highest BCUT2D eigenvalue weighted by atomic mass is 16.7. The van der Waals surface area contributed by atoms with Crippen LogP contribution in [0.25, 0.3) is 0 Å². The van der Waals surface area contributed by atoms with Gasteiger partial charge >= 0.3 is 0 Å². The minimum Gasteiger partial charge on any atom is -0.389 e. The summed E-state index contributed by atoms with van der Waals surface area (Å²) in [5.74, 6) is 0. The van der Waals surface area contributed by atoms with Crippen LogP contribution < -0.4 is 5.32 Å². The molecule has 3 rings (SSSR count). The molecule has 3 heterocycles. The first kappa shape index (κ1) is 7.80. The highest BCUT2D eigenvalue weighted by Gasteiger charge is 2.48. The van der Waals surface area contributed by atoms with Crippen molar-refractivity contribution in [2.75, 3.05) is 0 Å². The molecule has 0 aliphatic carbocycles. The van der Waals surface area contributed by atoms with E-state index < -0.39 is 0 Å². The lowest BCUT2D eigenvalue weighted by molar-refractivity contribution is -0.0524. The summed E-state index contributed by atoms with van der Waals surface area (Å²) in [5.41, 5.74) is 1.25. The maximum Gasteiger partial charge on any atom is 0.146 e. The molecule has 2 unspecified atom stereocenters. The Morgan fingerprint density at radius 1 is 1.38 bits per heavy atom. The zero-order chi connectivity index (χ0) is 8.89. The Morgan fingerprint density at radius 2 is 2.08 bits per heavy atom. The molecule has 0 aromatic carbocycles. The number of nitrogens with zero attached hydrogens (tertiary/aromatic N) is 1. The van der Waals surface area contributed by atoms with Gasteiger partial charge in [0.15, 0.2) is 0 Å². The lowest BCUT2D eigenvalue weighted by Gasteiger charge is -2.35. The SMILES string of the molecule is CC1=NOC2(C1)CC1CCC(C2)N1. The molecule has 3 aliphatic heterocycles. The van der Waals surface area contributed by atoms with Crippen molar-refractivity contribution >= 4 is 5.71 Å². The van der Waals surface area contributed by atoms with E-state index in [2.05, 4.69) is 17.4 Å². The number of fused-ring (bicyclic) bond motifs is 2. The van der Waals surface area contributed by atoms with Gasteiger partial charge in [-0.3, -0.25) is 0 Å². The van der Waals surface area contributed by atoms with E-state index in [1.807, 2.05) is 0 Å². The molecular weight excluding hydrogens is 164 g/mol. The van der Waals surface area contributed by atoms with Crippen LogP contribution in [-0.4, -0.2) is 23.4 Å². The van der Waals surface area contributed by atoms with Gasteiger partial charge in [-0.25, -0.2) is 0 Å². The van der Waals surface area contributed by atoms with Gasteiger partial charge in [0.2, 0.25) is 0 Å². The molecule has 0 aromatic rings. The van der Waals surface area contributed by atoms with Crippen molar-refractivity contribution < 1.29 is 4.84 Å². The Kier molecular flexibility index (Phi) is 1.48. The second kappa shape index (κ2) is 2.47. The first-order chi connectivity index (χ1) is 6.26. The quantitative estimate of drug-likeness (QED) is 0.612. The zero-order valence-electron chi connectivity index (χ0n) is 8.05. The second-order valence-electron chi connectivity index (χ2n) is 4.82. The number of piperidine rings is 1. The maximum absolute atomic E-state index is 5.62. The first-order valence-corrected chi connectivity index (χ1v) is 5.23. The van der Waals surface area contributed by atoms with E-state index in [-0.39, 0.29) is 5.60 Å². The van der Waals surface area contributed by atoms with E-state index >= 15 is 0 Å². The van der Waals surface area contributed by atoms with Crippen LogP contribution in [0, 0.1) is 0 Å². The summed E-state index contributed by atoms with van der Waals surface area (Å²) in [6.07, 6.45) is 6.03. The van der Waals surface area contributed by atoms with E-state index in [0.29, 0.717) is 12.1 Å². The maximum atomic E-state index is 5.62. The van der Waals surface area contributed by atoms with E-state index in [4.69, 9.17) is 4.84 Å². The van der Waals surface area contributed by atoms with Gasteiger partial charge in [-0.2, -0.15) is 0 Å². The summed E-state index contributed by atoms with van der Waals surface area (Å²) < 4.78 is 0. The lowest BCUT2D eigenvalue weighted by Crippen LogP contribution is -2.48. The van der Waals surface area contributed by atoms with Crippen molar-refractivity contribution in [3.8, 4) is 0 Å². The highest BCUT2D eigenvalue weighted by molar-refractivity contribution is 5.83. The fourth-order valence-electron chi connectivity index (χ4n) is 3.13. The fourth-order valence-corrected chi connectivity index (χ4v) is 3.13. The van der Waals surface area contributed by atoms with Crippen molar-refractivity contribution in [1.29, 1.82) is 0 Å². The zero-order valence-corrected chi connectivity index (χ0v) is 8.05. The standard InChI is InChI=1S/C10H16N2O/c1-7-4-10(13-12-7)5-8-2-3-9(6-10)11-8/h8-9,11H,2-6H2,1H3. The monoisotopic (exact) mass is 180 g/mol. The Balaban J connectivity index is 1.79. The summed E-state index contributed by atoms with van der Waals surface area (Å²) in [6, 6.07) is 1.39. The van der Waals surface area contributed by atoms with Gasteiger partial charge in [-0.15, -0.1) is 0 Å². The van der Waals surface area contributed by atoms with Gasteiger partial charge in [0, 0.05) is 31.3 Å². The van der Waals surface area contributed by atoms with Gasteiger partial charge in [0.05, 0.1) is 5.71 Å². The number of nitrogens with one attached hydrogen (secondary N) is 1. The first-order valence-electron chi connectivity index (χ1n) is 5.23. The van der Waals surface area contributed by atoms with Crippen LogP contribution in [-0.2, 0) is 4.84 Å². The van der Waals surface area contributed by atoms with Crippen LogP contribution in [0.15, 0.2) is 5.16 Å². The predicted molar refractivity (Wildman–Crippen MR) is 50.7 cm³/mol. The van der Waals surface area contributed by atoms with E-state index in [1.54, 1.807) is 0 Å². The molecule has 2 bridgehead atoms. The molecule has 3 heteroatoms. The molecule has 3 nitrogen and oxygen atoms in total. The van der Waals surface area contributed by atoms with Crippen LogP contribution in [0.5, 0.6) is 0 Å². The molecule has 0 amide bonds.